The minimum atomic E-state index is 0.456. The number of halogens is 2. The number of nitrogens with two attached hydrogens (primary N) is 1. The summed E-state index contributed by atoms with van der Waals surface area (Å²) < 4.78 is 0. The van der Waals surface area contributed by atoms with E-state index in [-0.39, 0.29) is 0 Å². The molecule has 1 aromatic rings. The van der Waals surface area contributed by atoms with Gasteiger partial charge in [0.25, 0.3) is 0 Å². The van der Waals surface area contributed by atoms with Crippen LogP contribution in [0.1, 0.15) is 0 Å². The molecule has 2 N–H and O–H groups in total. The van der Waals surface area contributed by atoms with E-state index < -0.39 is 0 Å². The predicted molar refractivity (Wildman–Crippen MR) is 48.1 cm³/mol. The number of benzene rings is 1. The van der Waals surface area contributed by atoms with E-state index in [1.54, 1.807) is 12.1 Å². The summed E-state index contributed by atoms with van der Waals surface area (Å²) in [6.07, 6.45) is 0. The Morgan fingerprint density at radius 1 is 1.20 bits per heavy atom. The predicted octanol–water partition coefficient (Wildman–Crippen LogP) is 2.86. The van der Waals surface area contributed by atoms with Crippen molar-refractivity contribution in [2.24, 2.45) is 0 Å². The Morgan fingerprint density at radius 3 is 2.20 bits per heavy atom. The van der Waals surface area contributed by atoms with Crippen LogP contribution in [0.25, 0.3) is 0 Å². The van der Waals surface area contributed by atoms with Gasteiger partial charge >= 0.3 is 0 Å². The maximum absolute atomic E-state index is 5.65. The van der Waals surface area contributed by atoms with E-state index >= 15 is 0 Å². The number of hydrogen-bond donors (Lipinski definition) is 2. The van der Waals surface area contributed by atoms with Crippen molar-refractivity contribution in [1.82, 2.24) is 0 Å². The Labute approximate surface area is 74.5 Å². The fraction of sp³-hybridized carbons (Fsp3) is 0. The Bertz CT molecular complexity index is 212. The van der Waals surface area contributed by atoms with Crippen molar-refractivity contribution < 1.29 is 0 Å². The first-order valence-corrected chi connectivity index (χ1v) is 3.75. The number of anilines is 1. The zero-order valence-corrected chi connectivity index (χ0v) is 7.34. The van der Waals surface area contributed by atoms with Gasteiger partial charge in [-0.25, -0.2) is 0 Å². The van der Waals surface area contributed by atoms with Crippen LogP contribution in [-0.4, -0.2) is 0 Å². The van der Waals surface area contributed by atoms with Crippen molar-refractivity contribution in [3.05, 3.63) is 22.2 Å². The highest BCUT2D eigenvalue weighted by Crippen LogP contribution is 2.28. The first-order chi connectivity index (χ1) is 4.61. The second-order valence-corrected chi connectivity index (χ2v) is 3.12. The minimum Gasteiger partial charge on any atom is -0.398 e. The highest BCUT2D eigenvalue weighted by atomic mass is 35.5. The van der Waals surface area contributed by atoms with Crippen LogP contribution in [0.15, 0.2) is 17.0 Å². The lowest BCUT2D eigenvalue weighted by molar-refractivity contribution is 1.47. The average molecular weight is 194 g/mol. The number of hydrogen-bond acceptors (Lipinski definition) is 2. The Morgan fingerprint density at radius 2 is 1.70 bits per heavy atom. The third kappa shape index (κ3) is 1.51. The molecule has 0 aromatic heterocycles. The molecule has 0 aliphatic rings. The van der Waals surface area contributed by atoms with Crippen LogP contribution in [0.2, 0.25) is 10.0 Å². The lowest BCUT2D eigenvalue weighted by Gasteiger charge is -2.00. The van der Waals surface area contributed by atoms with Gasteiger partial charge in [0, 0.05) is 10.6 Å². The van der Waals surface area contributed by atoms with Crippen LogP contribution >= 0.6 is 35.8 Å². The van der Waals surface area contributed by atoms with Crippen molar-refractivity contribution in [2.45, 2.75) is 4.90 Å². The fourth-order valence-corrected chi connectivity index (χ4v) is 1.16. The summed E-state index contributed by atoms with van der Waals surface area (Å²) in [6, 6.07) is 3.19. The molecule has 0 radical (unpaired) electrons. The molecule has 1 nitrogen and oxygen atoms in total. The molecular weight excluding hydrogens is 189 g/mol. The lowest BCUT2D eigenvalue weighted by Crippen LogP contribution is -1.86. The molecule has 4 heteroatoms. The summed E-state index contributed by atoms with van der Waals surface area (Å²) in [5.41, 5.74) is 6.01. The molecular formula is C6H5Cl2NS. The number of nitrogen functional groups attached to an aromatic ring is 1. The van der Waals surface area contributed by atoms with Crippen LogP contribution < -0.4 is 5.73 Å². The highest BCUT2D eigenvalue weighted by Gasteiger charge is 2.00. The Kier molecular flexibility index (Phi) is 2.34. The van der Waals surface area contributed by atoms with Crippen molar-refractivity contribution >= 4 is 41.5 Å². The molecule has 0 atom stereocenters. The van der Waals surface area contributed by atoms with Gasteiger partial charge in [0.05, 0.1) is 10.0 Å². The largest absolute Gasteiger partial charge is 0.398 e. The van der Waals surface area contributed by atoms with Gasteiger partial charge < -0.3 is 5.73 Å². The molecule has 0 bridgehead atoms. The molecule has 1 aromatic carbocycles. The zero-order valence-electron chi connectivity index (χ0n) is 4.94. The van der Waals surface area contributed by atoms with Crippen LogP contribution in [0.4, 0.5) is 5.69 Å². The fourth-order valence-electron chi connectivity index (χ4n) is 0.552. The Hall–Kier alpha value is -0.0500. The Balaban J connectivity index is 3.28. The summed E-state index contributed by atoms with van der Waals surface area (Å²) in [5, 5.41) is 0.929. The van der Waals surface area contributed by atoms with Crippen LogP contribution in [0.5, 0.6) is 0 Å². The second kappa shape index (κ2) is 2.91. The summed E-state index contributed by atoms with van der Waals surface area (Å²) >= 11 is 15.3. The van der Waals surface area contributed by atoms with E-state index in [0.29, 0.717) is 20.6 Å². The third-order valence-electron chi connectivity index (χ3n) is 1.07. The standard InChI is InChI=1S/C6H5Cl2NS/c7-3-1-5(9)6(10)2-4(3)8/h1-2,10H,9H2. The van der Waals surface area contributed by atoms with Crippen molar-refractivity contribution in [2.75, 3.05) is 5.73 Å². The summed E-state index contributed by atoms with van der Waals surface area (Å²) in [4.78, 5) is 0.648. The topological polar surface area (TPSA) is 26.0 Å². The molecule has 0 saturated heterocycles. The van der Waals surface area contributed by atoms with E-state index in [1.165, 1.54) is 0 Å². The molecule has 54 valence electrons. The molecule has 0 saturated carbocycles. The SMILES string of the molecule is Nc1cc(Cl)c(Cl)cc1S. The molecule has 10 heavy (non-hydrogen) atoms. The van der Waals surface area contributed by atoms with E-state index in [4.69, 9.17) is 28.9 Å². The summed E-state index contributed by atoms with van der Waals surface area (Å²) in [6.45, 7) is 0. The van der Waals surface area contributed by atoms with Gasteiger partial charge in [0.2, 0.25) is 0 Å². The van der Waals surface area contributed by atoms with Gasteiger partial charge in [-0.1, -0.05) is 23.2 Å². The molecule has 0 spiro atoms. The molecule has 0 unspecified atom stereocenters. The van der Waals surface area contributed by atoms with Gasteiger partial charge in [-0.2, -0.15) is 0 Å². The molecule has 0 heterocycles. The van der Waals surface area contributed by atoms with Crippen LogP contribution in [0.3, 0.4) is 0 Å². The van der Waals surface area contributed by atoms with Gasteiger partial charge in [-0.05, 0) is 12.1 Å². The first kappa shape index (κ1) is 8.05. The highest BCUT2D eigenvalue weighted by molar-refractivity contribution is 7.80. The van der Waals surface area contributed by atoms with Crippen molar-refractivity contribution in [3.8, 4) is 0 Å². The number of thiol groups is 1. The molecule has 1 rings (SSSR count). The van der Waals surface area contributed by atoms with Gasteiger partial charge in [-0.3, -0.25) is 0 Å². The minimum absolute atomic E-state index is 0.456. The maximum atomic E-state index is 5.65. The molecule has 0 fully saturated rings. The van der Waals surface area contributed by atoms with E-state index in [0.717, 1.165) is 0 Å². The molecule has 0 amide bonds. The molecule has 0 aliphatic carbocycles. The van der Waals surface area contributed by atoms with Gasteiger partial charge in [0.15, 0.2) is 0 Å². The third-order valence-corrected chi connectivity index (χ3v) is 2.18. The van der Waals surface area contributed by atoms with E-state index in [9.17, 15) is 0 Å². The number of rotatable bonds is 0. The summed E-state index contributed by atoms with van der Waals surface area (Å²) in [5.74, 6) is 0. The second-order valence-electron chi connectivity index (χ2n) is 1.83. The summed E-state index contributed by atoms with van der Waals surface area (Å²) in [7, 11) is 0. The normalized spacial score (nSPS) is 9.90. The average Bonchev–Trinajstić information content (AvgIpc) is 1.84. The van der Waals surface area contributed by atoms with Crippen LogP contribution in [0, 0.1) is 0 Å². The van der Waals surface area contributed by atoms with Crippen molar-refractivity contribution in [3.63, 3.8) is 0 Å². The quantitative estimate of drug-likeness (QED) is 0.482. The monoisotopic (exact) mass is 193 g/mol. The lowest BCUT2D eigenvalue weighted by atomic mass is 10.3. The van der Waals surface area contributed by atoms with E-state index in [2.05, 4.69) is 12.6 Å². The zero-order chi connectivity index (χ0) is 7.72. The first-order valence-electron chi connectivity index (χ1n) is 2.54. The van der Waals surface area contributed by atoms with E-state index in [1.807, 2.05) is 0 Å². The van der Waals surface area contributed by atoms with Gasteiger partial charge in [0.1, 0.15) is 0 Å². The molecule has 0 aliphatic heterocycles. The van der Waals surface area contributed by atoms with Crippen LogP contribution in [-0.2, 0) is 0 Å². The maximum Gasteiger partial charge on any atom is 0.0613 e. The van der Waals surface area contributed by atoms with Gasteiger partial charge in [-0.15, -0.1) is 12.6 Å². The smallest absolute Gasteiger partial charge is 0.0613 e. The van der Waals surface area contributed by atoms with Crippen molar-refractivity contribution in [1.29, 1.82) is 0 Å².